The van der Waals surface area contributed by atoms with Crippen molar-refractivity contribution in [2.24, 2.45) is 5.73 Å². The largest absolute Gasteiger partial charge is 0.385 e. The number of ether oxygens (including phenoxy) is 1. The van der Waals surface area contributed by atoms with Crippen LogP contribution in [0.2, 0.25) is 0 Å². The average Bonchev–Trinajstić information content (AvgIpc) is 3.18. The molecule has 102 valence electrons. The lowest BCUT2D eigenvalue weighted by Gasteiger charge is -2.14. The van der Waals surface area contributed by atoms with E-state index in [-0.39, 0.29) is 6.04 Å². The van der Waals surface area contributed by atoms with Gasteiger partial charge in [0.05, 0.1) is 17.1 Å². The third-order valence-electron chi connectivity index (χ3n) is 3.73. The van der Waals surface area contributed by atoms with E-state index >= 15 is 0 Å². The second-order valence-electron chi connectivity index (χ2n) is 5.30. The van der Waals surface area contributed by atoms with Crippen LogP contribution in [0.15, 0.2) is 24.3 Å². The predicted octanol–water partition coefficient (Wildman–Crippen LogP) is 2.80. The van der Waals surface area contributed by atoms with Crippen molar-refractivity contribution >= 4 is 11.0 Å². The molecule has 1 aromatic heterocycles. The van der Waals surface area contributed by atoms with E-state index in [4.69, 9.17) is 15.5 Å². The van der Waals surface area contributed by atoms with Crippen LogP contribution in [0.5, 0.6) is 0 Å². The molecule has 0 radical (unpaired) electrons. The van der Waals surface area contributed by atoms with Gasteiger partial charge in [-0.15, -0.1) is 0 Å². The molecule has 3 rings (SSSR count). The first kappa shape index (κ1) is 12.6. The van der Waals surface area contributed by atoms with Crippen molar-refractivity contribution in [2.75, 3.05) is 13.7 Å². The number of methoxy groups -OCH3 is 1. The molecule has 1 aromatic carbocycles. The number of aromatic nitrogens is 2. The van der Waals surface area contributed by atoms with E-state index < -0.39 is 0 Å². The van der Waals surface area contributed by atoms with Crippen LogP contribution < -0.4 is 5.73 Å². The monoisotopic (exact) mass is 259 g/mol. The zero-order valence-corrected chi connectivity index (χ0v) is 11.4. The Kier molecular flexibility index (Phi) is 3.53. The van der Waals surface area contributed by atoms with E-state index in [9.17, 15) is 0 Å². The SMILES string of the molecule is COCCCC(N)c1nc2ccccc2n1C1CC1. The third kappa shape index (κ3) is 2.51. The lowest BCUT2D eigenvalue weighted by Crippen LogP contribution is -2.17. The molecule has 1 atom stereocenters. The molecule has 2 N–H and O–H groups in total. The number of imidazole rings is 1. The van der Waals surface area contributed by atoms with Crippen LogP contribution in [0.25, 0.3) is 11.0 Å². The second-order valence-corrected chi connectivity index (χ2v) is 5.30. The molecule has 4 heteroatoms. The van der Waals surface area contributed by atoms with E-state index in [1.165, 1.54) is 18.4 Å². The molecule has 1 heterocycles. The minimum Gasteiger partial charge on any atom is -0.385 e. The van der Waals surface area contributed by atoms with Gasteiger partial charge in [-0.3, -0.25) is 0 Å². The number of nitrogens with two attached hydrogens (primary N) is 1. The second kappa shape index (κ2) is 5.31. The average molecular weight is 259 g/mol. The molecule has 0 bridgehead atoms. The normalized spacial score (nSPS) is 16.9. The molecule has 1 saturated carbocycles. The van der Waals surface area contributed by atoms with Gasteiger partial charge in [0, 0.05) is 19.8 Å². The molecule has 0 aliphatic heterocycles. The van der Waals surface area contributed by atoms with Crippen LogP contribution in [0, 0.1) is 0 Å². The maximum atomic E-state index is 6.33. The Morgan fingerprint density at radius 3 is 2.95 bits per heavy atom. The zero-order chi connectivity index (χ0) is 13.2. The van der Waals surface area contributed by atoms with E-state index in [1.807, 2.05) is 6.07 Å². The first-order chi connectivity index (χ1) is 9.31. The summed E-state index contributed by atoms with van der Waals surface area (Å²) in [5.41, 5.74) is 8.61. The smallest absolute Gasteiger partial charge is 0.127 e. The summed E-state index contributed by atoms with van der Waals surface area (Å²) in [6, 6.07) is 8.93. The summed E-state index contributed by atoms with van der Waals surface area (Å²) < 4.78 is 7.45. The van der Waals surface area contributed by atoms with E-state index in [2.05, 4.69) is 22.8 Å². The number of nitrogens with zero attached hydrogens (tertiary/aromatic N) is 2. The highest BCUT2D eigenvalue weighted by atomic mass is 16.5. The van der Waals surface area contributed by atoms with Crippen molar-refractivity contribution in [1.82, 2.24) is 9.55 Å². The summed E-state index contributed by atoms with van der Waals surface area (Å²) in [4.78, 5) is 4.75. The van der Waals surface area contributed by atoms with Gasteiger partial charge in [-0.05, 0) is 37.8 Å². The van der Waals surface area contributed by atoms with Crippen molar-refractivity contribution in [1.29, 1.82) is 0 Å². The quantitative estimate of drug-likeness (QED) is 0.812. The molecule has 1 aliphatic rings. The van der Waals surface area contributed by atoms with Gasteiger partial charge in [-0.25, -0.2) is 4.98 Å². The Morgan fingerprint density at radius 2 is 2.21 bits per heavy atom. The molecule has 2 aromatic rings. The van der Waals surface area contributed by atoms with Crippen LogP contribution in [-0.4, -0.2) is 23.3 Å². The number of hydrogen-bond donors (Lipinski definition) is 1. The maximum absolute atomic E-state index is 6.33. The molecule has 0 saturated heterocycles. The van der Waals surface area contributed by atoms with Gasteiger partial charge in [0.15, 0.2) is 0 Å². The maximum Gasteiger partial charge on any atom is 0.127 e. The molecule has 0 spiro atoms. The summed E-state index contributed by atoms with van der Waals surface area (Å²) in [7, 11) is 1.73. The number of hydrogen-bond acceptors (Lipinski definition) is 3. The number of para-hydroxylation sites is 2. The van der Waals surface area contributed by atoms with Crippen molar-refractivity contribution in [3.63, 3.8) is 0 Å². The molecule has 1 aliphatic carbocycles. The van der Waals surface area contributed by atoms with E-state index in [1.54, 1.807) is 7.11 Å². The topological polar surface area (TPSA) is 53.1 Å². The van der Waals surface area contributed by atoms with Gasteiger partial charge in [0.2, 0.25) is 0 Å². The Morgan fingerprint density at radius 1 is 1.42 bits per heavy atom. The van der Waals surface area contributed by atoms with E-state index in [0.29, 0.717) is 6.04 Å². The van der Waals surface area contributed by atoms with Gasteiger partial charge < -0.3 is 15.0 Å². The summed E-state index contributed by atoms with van der Waals surface area (Å²) in [6.07, 6.45) is 4.39. The lowest BCUT2D eigenvalue weighted by molar-refractivity contribution is 0.190. The van der Waals surface area contributed by atoms with Crippen LogP contribution in [0.1, 0.15) is 43.6 Å². The first-order valence-corrected chi connectivity index (χ1v) is 7.02. The van der Waals surface area contributed by atoms with Gasteiger partial charge in [-0.2, -0.15) is 0 Å². The van der Waals surface area contributed by atoms with Gasteiger partial charge >= 0.3 is 0 Å². The fourth-order valence-electron chi connectivity index (χ4n) is 2.62. The van der Waals surface area contributed by atoms with Crippen molar-refractivity contribution in [3.05, 3.63) is 30.1 Å². The Balaban J connectivity index is 1.91. The summed E-state index contributed by atoms with van der Waals surface area (Å²) in [5.74, 6) is 1.04. The fourth-order valence-corrected chi connectivity index (χ4v) is 2.62. The molecular formula is C15H21N3O. The molecule has 4 nitrogen and oxygen atoms in total. The standard InChI is InChI=1S/C15H21N3O/c1-19-10-4-5-12(16)15-17-13-6-2-3-7-14(13)18(15)11-8-9-11/h2-3,6-7,11-12H,4-5,8-10,16H2,1H3. The van der Waals surface area contributed by atoms with Gasteiger partial charge in [0.25, 0.3) is 0 Å². The first-order valence-electron chi connectivity index (χ1n) is 7.02. The van der Waals surface area contributed by atoms with Crippen LogP contribution >= 0.6 is 0 Å². The Labute approximate surface area is 113 Å². The van der Waals surface area contributed by atoms with Crippen molar-refractivity contribution in [3.8, 4) is 0 Å². The minimum atomic E-state index is 0.00292. The lowest BCUT2D eigenvalue weighted by atomic mass is 10.1. The van der Waals surface area contributed by atoms with Crippen LogP contribution in [0.3, 0.4) is 0 Å². The molecule has 1 fully saturated rings. The zero-order valence-electron chi connectivity index (χ0n) is 11.4. The molecule has 0 amide bonds. The molecule has 1 unspecified atom stereocenters. The van der Waals surface area contributed by atoms with Gasteiger partial charge in [-0.1, -0.05) is 12.1 Å². The number of fused-ring (bicyclic) bond motifs is 1. The van der Waals surface area contributed by atoms with Crippen LogP contribution in [-0.2, 0) is 4.74 Å². The van der Waals surface area contributed by atoms with Gasteiger partial charge in [0.1, 0.15) is 5.82 Å². The minimum absolute atomic E-state index is 0.00292. The van der Waals surface area contributed by atoms with Crippen LogP contribution in [0.4, 0.5) is 0 Å². The van der Waals surface area contributed by atoms with Crippen molar-refractivity contribution < 1.29 is 4.74 Å². The third-order valence-corrected chi connectivity index (χ3v) is 3.73. The summed E-state index contributed by atoms with van der Waals surface area (Å²) >= 11 is 0. The molecular weight excluding hydrogens is 238 g/mol. The number of rotatable bonds is 6. The predicted molar refractivity (Wildman–Crippen MR) is 76.0 cm³/mol. The highest BCUT2D eigenvalue weighted by Gasteiger charge is 2.29. The fraction of sp³-hybridized carbons (Fsp3) is 0.533. The number of benzene rings is 1. The summed E-state index contributed by atoms with van der Waals surface area (Å²) in [6.45, 7) is 0.761. The summed E-state index contributed by atoms with van der Waals surface area (Å²) in [5, 5.41) is 0. The highest BCUT2D eigenvalue weighted by Crippen LogP contribution is 2.40. The molecule has 19 heavy (non-hydrogen) atoms. The van der Waals surface area contributed by atoms with Crippen molar-refractivity contribution in [2.45, 2.75) is 37.8 Å². The Hall–Kier alpha value is -1.39. The van der Waals surface area contributed by atoms with E-state index in [0.717, 1.165) is 30.8 Å². The highest BCUT2D eigenvalue weighted by molar-refractivity contribution is 5.76. The Bertz CT molecular complexity index is 560.